The Balaban J connectivity index is 0.726. The van der Waals surface area contributed by atoms with Crippen LogP contribution in [0.2, 0.25) is 0 Å². The third-order valence-electron chi connectivity index (χ3n) is 15.5. The fourth-order valence-electron chi connectivity index (χ4n) is 11.7. The van der Waals surface area contributed by atoms with Crippen LogP contribution in [0.25, 0.3) is 22.3 Å². The zero-order valence-corrected chi connectivity index (χ0v) is 45.2. The molecule has 4 N–H and O–H groups in total. The minimum absolute atomic E-state index is 0.00186. The molecule has 0 heterocycles. The van der Waals surface area contributed by atoms with Gasteiger partial charge in [0.25, 0.3) is 0 Å². The SMILES string of the molecule is O=C(O)c1ccccc1C(=O)OCCOc1ccc(C2(c3ccc(OCCOC(=O)C(C(=O)O)(C(=O)O)C(=O)OCCOc4ccc(C5(c6ccc(O)cc6)c6ccccc6-c6ccccc65)cc4)cc3)c3ccccc3-c3ccccc32)cc1. The number of fused-ring (bicyclic) bond motifs is 6. The fraction of sp³-hybridized carbons (Fsp3) is 0.130. The molecule has 11 rings (SSSR count). The molecule has 0 atom stereocenters. The number of aromatic hydroxyl groups is 1. The zero-order chi connectivity index (χ0) is 59.3. The van der Waals surface area contributed by atoms with Crippen LogP contribution >= 0.6 is 0 Å². The van der Waals surface area contributed by atoms with E-state index < -0.39 is 65.3 Å². The summed E-state index contributed by atoms with van der Waals surface area (Å²) in [4.78, 5) is 76.3. The highest BCUT2D eigenvalue weighted by molar-refractivity contribution is 6.32. The molecule has 0 saturated carbocycles. The molecule has 424 valence electrons. The van der Waals surface area contributed by atoms with Crippen LogP contribution in [0.5, 0.6) is 23.0 Å². The Bertz CT molecular complexity index is 3920. The van der Waals surface area contributed by atoms with Gasteiger partial charge in [-0.25, -0.2) is 28.8 Å². The van der Waals surface area contributed by atoms with Gasteiger partial charge in [-0.05, 0) is 127 Å². The molecule has 0 saturated heterocycles. The molecule has 2 aliphatic carbocycles. The number of phenols is 1. The smallest absolute Gasteiger partial charge is 0.355 e. The molecule has 0 aliphatic heterocycles. The summed E-state index contributed by atoms with van der Waals surface area (Å²) in [6.07, 6.45) is 0. The summed E-state index contributed by atoms with van der Waals surface area (Å²) in [5.74, 6) is -9.12. The predicted octanol–water partition coefficient (Wildman–Crippen LogP) is 10.8. The number of carbonyl (C=O) groups is 6. The summed E-state index contributed by atoms with van der Waals surface area (Å²) in [5, 5.41) is 40.0. The van der Waals surface area contributed by atoms with Crippen molar-refractivity contribution in [1.29, 1.82) is 0 Å². The number of ether oxygens (including phenoxy) is 6. The van der Waals surface area contributed by atoms with Crippen LogP contribution in [0, 0.1) is 5.41 Å². The highest BCUT2D eigenvalue weighted by atomic mass is 16.6. The van der Waals surface area contributed by atoms with Crippen molar-refractivity contribution in [2.45, 2.75) is 10.8 Å². The van der Waals surface area contributed by atoms with Gasteiger partial charge in [0.2, 0.25) is 0 Å². The van der Waals surface area contributed by atoms with Crippen LogP contribution in [0.3, 0.4) is 0 Å². The summed E-state index contributed by atoms with van der Waals surface area (Å²) < 4.78 is 33.2. The lowest BCUT2D eigenvalue weighted by atomic mass is 9.68. The highest BCUT2D eigenvalue weighted by Crippen LogP contribution is 2.58. The van der Waals surface area contributed by atoms with Gasteiger partial charge in [-0.3, -0.25) is 0 Å². The van der Waals surface area contributed by atoms with Crippen LogP contribution in [-0.2, 0) is 44.2 Å². The Labute approximate surface area is 486 Å². The lowest BCUT2D eigenvalue weighted by molar-refractivity contribution is -0.189. The van der Waals surface area contributed by atoms with Crippen LogP contribution < -0.4 is 14.2 Å². The average Bonchev–Trinajstić information content (AvgIpc) is 1.81. The molecule has 2 aliphatic rings. The van der Waals surface area contributed by atoms with Crippen LogP contribution in [0.15, 0.2) is 218 Å². The molecule has 0 amide bonds. The number of hydrogen-bond acceptors (Lipinski definition) is 13. The molecule has 9 aromatic carbocycles. The van der Waals surface area contributed by atoms with E-state index in [1.54, 1.807) is 42.5 Å². The number of esters is 3. The van der Waals surface area contributed by atoms with Gasteiger partial charge in [0.15, 0.2) is 0 Å². The Morgan fingerprint density at radius 3 is 0.965 bits per heavy atom. The summed E-state index contributed by atoms with van der Waals surface area (Å²) in [7, 11) is 0. The third kappa shape index (κ3) is 9.88. The molecule has 0 aromatic heterocycles. The van der Waals surface area contributed by atoms with E-state index in [2.05, 4.69) is 48.5 Å². The molecule has 0 spiro atoms. The van der Waals surface area contributed by atoms with Gasteiger partial charge in [-0.15, -0.1) is 0 Å². The molecule has 0 bridgehead atoms. The number of rotatable bonds is 22. The Hall–Kier alpha value is -11.0. The summed E-state index contributed by atoms with van der Waals surface area (Å²) in [6, 6.07) is 67.2. The Morgan fingerprint density at radius 1 is 0.341 bits per heavy atom. The second-order valence-electron chi connectivity index (χ2n) is 20.0. The van der Waals surface area contributed by atoms with Crippen molar-refractivity contribution in [3.05, 3.63) is 274 Å². The van der Waals surface area contributed by atoms with Gasteiger partial charge in [0.1, 0.15) is 62.6 Å². The van der Waals surface area contributed by atoms with E-state index in [0.29, 0.717) is 17.2 Å². The van der Waals surface area contributed by atoms with Crippen molar-refractivity contribution in [2.75, 3.05) is 39.6 Å². The average molecular weight is 1140 g/mol. The minimum Gasteiger partial charge on any atom is -0.508 e. The molecule has 0 fully saturated rings. The highest BCUT2D eigenvalue weighted by Gasteiger charge is 2.64. The van der Waals surface area contributed by atoms with E-state index in [1.165, 1.54) is 18.2 Å². The predicted molar refractivity (Wildman–Crippen MR) is 309 cm³/mol. The van der Waals surface area contributed by atoms with E-state index in [-0.39, 0.29) is 43.3 Å². The van der Waals surface area contributed by atoms with Gasteiger partial charge in [-0.1, -0.05) is 158 Å². The molecule has 0 unspecified atom stereocenters. The van der Waals surface area contributed by atoms with E-state index in [9.17, 15) is 49.2 Å². The Morgan fingerprint density at radius 2 is 0.635 bits per heavy atom. The van der Waals surface area contributed by atoms with E-state index in [0.717, 1.165) is 66.8 Å². The van der Waals surface area contributed by atoms with E-state index >= 15 is 0 Å². The molecule has 16 heteroatoms. The number of phenolic OH excluding ortho intramolecular Hbond substituents is 1. The lowest BCUT2D eigenvalue weighted by Crippen LogP contribution is -2.54. The first-order chi connectivity index (χ1) is 41.3. The van der Waals surface area contributed by atoms with Gasteiger partial charge >= 0.3 is 41.2 Å². The normalized spacial score (nSPS) is 12.9. The first-order valence-electron chi connectivity index (χ1n) is 27.0. The molecule has 16 nitrogen and oxygen atoms in total. The van der Waals surface area contributed by atoms with Gasteiger partial charge < -0.3 is 48.8 Å². The van der Waals surface area contributed by atoms with Gasteiger partial charge in [0, 0.05) is 0 Å². The van der Waals surface area contributed by atoms with Crippen molar-refractivity contribution in [3.63, 3.8) is 0 Å². The lowest BCUT2D eigenvalue weighted by Gasteiger charge is -2.34. The number of aliphatic carboxylic acids is 2. The van der Waals surface area contributed by atoms with Crippen molar-refractivity contribution in [3.8, 4) is 45.3 Å². The topological polar surface area (TPSA) is 239 Å². The van der Waals surface area contributed by atoms with Crippen molar-refractivity contribution >= 4 is 35.8 Å². The number of carboxylic acids is 3. The third-order valence-corrected chi connectivity index (χ3v) is 15.5. The number of benzene rings is 9. The second-order valence-corrected chi connectivity index (χ2v) is 20.0. The van der Waals surface area contributed by atoms with Crippen molar-refractivity contribution in [1.82, 2.24) is 0 Å². The zero-order valence-electron chi connectivity index (χ0n) is 45.2. The van der Waals surface area contributed by atoms with E-state index in [1.807, 2.05) is 109 Å². The van der Waals surface area contributed by atoms with E-state index in [4.69, 9.17) is 28.4 Å². The fourth-order valence-corrected chi connectivity index (χ4v) is 11.7. The largest absolute Gasteiger partial charge is 0.508 e. The maximum atomic E-state index is 13.4. The van der Waals surface area contributed by atoms with Crippen LogP contribution in [0.1, 0.15) is 65.2 Å². The monoisotopic (exact) mass is 1140 g/mol. The first-order valence-corrected chi connectivity index (χ1v) is 27.0. The number of aromatic carboxylic acids is 1. The van der Waals surface area contributed by atoms with Crippen LogP contribution in [0.4, 0.5) is 0 Å². The number of carboxylic acid groups (broad SMARTS) is 3. The molecule has 0 radical (unpaired) electrons. The number of carbonyl (C=O) groups excluding carboxylic acids is 3. The second kappa shape index (κ2) is 23.5. The maximum Gasteiger partial charge on any atom is 0.355 e. The number of hydrogen-bond donors (Lipinski definition) is 4. The first kappa shape index (κ1) is 55.9. The minimum atomic E-state index is -3.76. The standard InChI is InChI=1S/C69H52O16/c70-47-29-21-43(22-30-47)67(57-17-7-3-11-51(57)52-12-4-8-18-58(52)67)44-23-33-49(34-24-44)81-38-41-84-65(78)69(63(74)75,64(76)77)66(79)85-42-39-82-50-35-27-46(28-36-50)68(59-19-9-5-13-53(59)54-14-6-10-20-60(54)68)45-25-31-48(32-26-45)80-37-40-83-62(73)56-16-2-1-15-55(56)61(71)72/h1-36,70H,37-42H2,(H,71,72)(H,74,75)(H,76,77). The maximum absolute atomic E-state index is 13.4. The van der Waals surface area contributed by atoms with Crippen molar-refractivity contribution in [2.24, 2.45) is 5.41 Å². The molecule has 85 heavy (non-hydrogen) atoms. The summed E-state index contributed by atoms with van der Waals surface area (Å²) >= 11 is 0. The summed E-state index contributed by atoms with van der Waals surface area (Å²) in [6.45, 7) is -2.09. The quantitative estimate of drug-likeness (QED) is 0.0214. The van der Waals surface area contributed by atoms with Gasteiger partial charge in [-0.2, -0.15) is 0 Å². The molecule has 9 aromatic rings. The summed E-state index contributed by atoms with van der Waals surface area (Å²) in [5.41, 5.74) is 6.28. The molecular weight excluding hydrogens is 1080 g/mol. The van der Waals surface area contributed by atoms with Gasteiger partial charge in [0.05, 0.1) is 22.0 Å². The molecular formula is C69H52O16. The Kier molecular flexibility index (Phi) is 15.4. The van der Waals surface area contributed by atoms with Crippen molar-refractivity contribution < 1.29 is 77.6 Å². The van der Waals surface area contributed by atoms with Crippen LogP contribution in [-0.4, -0.2) is 95.9 Å².